The summed E-state index contributed by atoms with van der Waals surface area (Å²) in [7, 11) is 0. The lowest BCUT2D eigenvalue weighted by Gasteiger charge is -2.16. The fraction of sp³-hybridized carbons (Fsp3) is 0.667. The van der Waals surface area contributed by atoms with Gasteiger partial charge in [0.2, 0.25) is 0 Å². The molecule has 0 aliphatic heterocycles. The molecule has 0 saturated carbocycles. The standard InChI is InChI=1S/C27H45N3O6/c1-16(2)7-19(13-31)28-10-22-25(34)23(11-29-20(14-32)8-17(3)4)27(36)24(26(22)35)12-30-21(15-33)9-18(5)6/h10-12,16-21,31-36H,7-9,13-15H2,1-6H3/t19-,20-,21-/m0/s1. The smallest absolute Gasteiger partial charge is 0.140 e. The molecule has 9 nitrogen and oxygen atoms in total. The summed E-state index contributed by atoms with van der Waals surface area (Å²) in [5.74, 6) is -0.465. The van der Waals surface area contributed by atoms with Crippen LogP contribution < -0.4 is 0 Å². The Bertz CT molecular complexity index is 761. The monoisotopic (exact) mass is 507 g/mol. The van der Waals surface area contributed by atoms with Crippen molar-refractivity contribution >= 4 is 18.6 Å². The second kappa shape index (κ2) is 15.6. The molecule has 204 valence electrons. The Kier molecular flexibility index (Phi) is 13.7. The Hall–Kier alpha value is -2.49. The third kappa shape index (κ3) is 9.87. The van der Waals surface area contributed by atoms with Crippen LogP contribution in [0.15, 0.2) is 15.0 Å². The van der Waals surface area contributed by atoms with E-state index >= 15 is 0 Å². The Morgan fingerprint density at radius 1 is 0.500 bits per heavy atom. The normalized spacial score (nSPS) is 15.3. The van der Waals surface area contributed by atoms with Crippen molar-refractivity contribution in [3.8, 4) is 17.2 Å². The van der Waals surface area contributed by atoms with E-state index in [-0.39, 0.29) is 54.3 Å². The second-order valence-corrected chi connectivity index (χ2v) is 10.5. The van der Waals surface area contributed by atoms with E-state index < -0.39 is 35.4 Å². The summed E-state index contributed by atoms with van der Waals surface area (Å²) in [6.45, 7) is 11.4. The van der Waals surface area contributed by atoms with Gasteiger partial charge in [0.05, 0.1) is 54.6 Å². The predicted molar refractivity (Wildman–Crippen MR) is 145 cm³/mol. The van der Waals surface area contributed by atoms with Crippen molar-refractivity contribution < 1.29 is 30.6 Å². The second-order valence-electron chi connectivity index (χ2n) is 10.5. The zero-order valence-corrected chi connectivity index (χ0v) is 22.5. The lowest BCUT2D eigenvalue weighted by molar-refractivity contribution is 0.251. The van der Waals surface area contributed by atoms with E-state index in [0.717, 1.165) is 0 Å². The summed E-state index contributed by atoms with van der Waals surface area (Å²) in [5, 5.41) is 61.8. The van der Waals surface area contributed by atoms with Crippen LogP contribution in [0.2, 0.25) is 0 Å². The minimum Gasteiger partial charge on any atom is -0.506 e. The average Bonchev–Trinajstić information content (AvgIpc) is 2.80. The fourth-order valence-corrected chi connectivity index (χ4v) is 3.86. The van der Waals surface area contributed by atoms with Crippen LogP contribution in [-0.2, 0) is 0 Å². The number of nitrogens with zero attached hydrogens (tertiary/aromatic N) is 3. The van der Waals surface area contributed by atoms with E-state index in [9.17, 15) is 30.6 Å². The molecule has 1 aromatic carbocycles. The van der Waals surface area contributed by atoms with E-state index in [0.29, 0.717) is 19.3 Å². The maximum atomic E-state index is 10.9. The van der Waals surface area contributed by atoms with Gasteiger partial charge in [0.1, 0.15) is 17.2 Å². The van der Waals surface area contributed by atoms with E-state index in [1.807, 2.05) is 41.5 Å². The minimum atomic E-state index is -0.432. The Morgan fingerprint density at radius 2 is 0.722 bits per heavy atom. The number of aromatic hydroxyl groups is 3. The molecule has 0 fully saturated rings. The highest BCUT2D eigenvalue weighted by Gasteiger charge is 2.22. The number of phenols is 3. The number of hydrogen-bond donors (Lipinski definition) is 6. The molecule has 0 bridgehead atoms. The van der Waals surface area contributed by atoms with Gasteiger partial charge in [-0.2, -0.15) is 0 Å². The summed E-state index contributed by atoms with van der Waals surface area (Å²) < 4.78 is 0. The molecule has 0 spiro atoms. The first kappa shape index (κ1) is 31.5. The molecule has 1 aromatic rings. The molecule has 0 aliphatic rings. The molecule has 6 N–H and O–H groups in total. The number of aliphatic hydroxyl groups is 3. The van der Waals surface area contributed by atoms with Gasteiger partial charge in [-0.1, -0.05) is 41.5 Å². The summed E-state index contributed by atoms with van der Waals surface area (Å²) in [4.78, 5) is 13.0. The Morgan fingerprint density at radius 3 is 0.889 bits per heavy atom. The molecular formula is C27H45N3O6. The fourth-order valence-electron chi connectivity index (χ4n) is 3.86. The SMILES string of the molecule is CC(C)C[C@@H](CO)N=Cc1c(O)c(C=N[C@H](CO)CC(C)C)c(O)c(C=N[C@H](CO)CC(C)C)c1O. The van der Waals surface area contributed by atoms with Crippen molar-refractivity contribution in [3.05, 3.63) is 16.7 Å². The molecule has 0 heterocycles. The van der Waals surface area contributed by atoms with E-state index in [4.69, 9.17) is 0 Å². The highest BCUT2D eigenvalue weighted by molar-refractivity contribution is 6.03. The zero-order valence-electron chi connectivity index (χ0n) is 22.5. The largest absolute Gasteiger partial charge is 0.506 e. The van der Waals surface area contributed by atoms with E-state index in [1.54, 1.807) is 0 Å². The van der Waals surface area contributed by atoms with Gasteiger partial charge in [0.25, 0.3) is 0 Å². The van der Waals surface area contributed by atoms with Crippen LogP contribution >= 0.6 is 0 Å². The first-order valence-electron chi connectivity index (χ1n) is 12.7. The van der Waals surface area contributed by atoms with Crippen molar-refractivity contribution in [1.29, 1.82) is 0 Å². The molecule has 1 rings (SSSR count). The summed E-state index contributed by atoms with van der Waals surface area (Å²) in [6.07, 6.45) is 5.65. The molecule has 0 radical (unpaired) electrons. The van der Waals surface area contributed by atoms with Gasteiger partial charge in [-0.05, 0) is 37.0 Å². The summed E-state index contributed by atoms with van der Waals surface area (Å²) in [6, 6.07) is -1.29. The van der Waals surface area contributed by atoms with E-state index in [2.05, 4.69) is 15.0 Å². The lowest BCUT2D eigenvalue weighted by Crippen LogP contribution is -2.14. The molecule has 0 saturated heterocycles. The van der Waals surface area contributed by atoms with Gasteiger partial charge in [0.15, 0.2) is 0 Å². The molecular weight excluding hydrogens is 462 g/mol. The third-order valence-electron chi connectivity index (χ3n) is 5.64. The van der Waals surface area contributed by atoms with Crippen LogP contribution in [0, 0.1) is 17.8 Å². The molecule has 9 heteroatoms. The first-order valence-corrected chi connectivity index (χ1v) is 12.7. The van der Waals surface area contributed by atoms with Crippen LogP contribution in [0.25, 0.3) is 0 Å². The van der Waals surface area contributed by atoms with Gasteiger partial charge in [-0.3, -0.25) is 15.0 Å². The lowest BCUT2D eigenvalue weighted by atomic mass is 10.0. The number of aliphatic hydroxyl groups excluding tert-OH is 3. The van der Waals surface area contributed by atoms with Crippen molar-refractivity contribution in [2.75, 3.05) is 19.8 Å². The van der Waals surface area contributed by atoms with Crippen molar-refractivity contribution in [1.82, 2.24) is 0 Å². The molecule has 0 amide bonds. The number of phenolic OH excluding ortho intramolecular Hbond substituents is 3. The van der Waals surface area contributed by atoms with Crippen LogP contribution in [0.1, 0.15) is 77.5 Å². The van der Waals surface area contributed by atoms with E-state index in [1.165, 1.54) is 18.6 Å². The molecule has 36 heavy (non-hydrogen) atoms. The van der Waals surface area contributed by atoms with Crippen molar-refractivity contribution in [3.63, 3.8) is 0 Å². The number of hydrogen-bond acceptors (Lipinski definition) is 9. The molecule has 0 aliphatic carbocycles. The third-order valence-corrected chi connectivity index (χ3v) is 5.64. The van der Waals surface area contributed by atoms with Crippen LogP contribution in [0.3, 0.4) is 0 Å². The van der Waals surface area contributed by atoms with Crippen molar-refractivity contribution in [2.24, 2.45) is 32.7 Å². The topological polar surface area (TPSA) is 158 Å². The Balaban J connectivity index is 3.64. The molecule has 0 unspecified atom stereocenters. The predicted octanol–water partition coefficient (Wildman–Crippen LogP) is 3.28. The van der Waals surface area contributed by atoms with Crippen LogP contribution in [-0.4, -0.2) is 87.2 Å². The average molecular weight is 508 g/mol. The summed E-state index contributed by atoms with van der Waals surface area (Å²) in [5.41, 5.74) is -0.148. The number of benzene rings is 1. The Labute approximate surface area is 215 Å². The van der Waals surface area contributed by atoms with Gasteiger partial charge >= 0.3 is 0 Å². The van der Waals surface area contributed by atoms with Gasteiger partial charge in [-0.25, -0.2) is 0 Å². The molecule has 3 atom stereocenters. The number of aliphatic imine (C=N–C) groups is 3. The van der Waals surface area contributed by atoms with Gasteiger partial charge in [-0.15, -0.1) is 0 Å². The quantitative estimate of drug-likeness (QED) is 0.200. The van der Waals surface area contributed by atoms with Crippen molar-refractivity contribution in [2.45, 2.75) is 78.9 Å². The first-order chi connectivity index (χ1) is 16.9. The maximum absolute atomic E-state index is 10.9. The number of rotatable bonds is 15. The van der Waals surface area contributed by atoms with Crippen LogP contribution in [0.4, 0.5) is 0 Å². The highest BCUT2D eigenvalue weighted by Crippen LogP contribution is 2.40. The maximum Gasteiger partial charge on any atom is 0.140 e. The van der Waals surface area contributed by atoms with Crippen LogP contribution in [0.5, 0.6) is 17.2 Å². The van der Waals surface area contributed by atoms with Gasteiger partial charge < -0.3 is 30.6 Å². The summed E-state index contributed by atoms with van der Waals surface area (Å²) >= 11 is 0. The minimum absolute atomic E-state index is 0.0493. The zero-order chi connectivity index (χ0) is 27.4. The highest BCUT2D eigenvalue weighted by atomic mass is 16.3. The molecule has 0 aromatic heterocycles. The van der Waals surface area contributed by atoms with Gasteiger partial charge in [0, 0.05) is 18.6 Å².